The summed E-state index contributed by atoms with van der Waals surface area (Å²) in [7, 11) is 0. The van der Waals surface area contributed by atoms with Crippen LogP contribution in [0.3, 0.4) is 0 Å². The molecule has 0 heterocycles. The predicted octanol–water partition coefficient (Wildman–Crippen LogP) is 6.27. The molecule has 0 bridgehead atoms. The molecule has 1 aliphatic rings. The Morgan fingerprint density at radius 2 is 1.65 bits per heavy atom. The van der Waals surface area contributed by atoms with Crippen LogP contribution in [-0.4, -0.2) is 0 Å². The van der Waals surface area contributed by atoms with Gasteiger partial charge in [-0.05, 0) is 62.1 Å². The van der Waals surface area contributed by atoms with E-state index in [2.05, 4.69) is 25.7 Å². The summed E-state index contributed by atoms with van der Waals surface area (Å²) < 4.78 is 28.3. The Balaban J connectivity index is 2.02. The molecule has 0 nitrogen and oxygen atoms in total. The highest BCUT2D eigenvalue weighted by Crippen LogP contribution is 2.30. The standard InChI is InChI=1S/C21H28F2/c1-3-5-6-7-18-14-20(22)19(21(23)15-18)13-12-17-10-8-16(4-2)9-11-17/h14-17H,3-11H2,1-2H3/t16-,17-. The van der Waals surface area contributed by atoms with E-state index in [4.69, 9.17) is 0 Å². The van der Waals surface area contributed by atoms with Gasteiger partial charge in [-0.1, -0.05) is 45.0 Å². The Morgan fingerprint density at radius 1 is 1.00 bits per heavy atom. The summed E-state index contributed by atoms with van der Waals surface area (Å²) in [5.41, 5.74) is 0.685. The summed E-state index contributed by atoms with van der Waals surface area (Å²) in [5.74, 6) is 5.97. The Morgan fingerprint density at radius 3 is 2.22 bits per heavy atom. The van der Waals surface area contributed by atoms with Crippen LogP contribution in [0.5, 0.6) is 0 Å². The van der Waals surface area contributed by atoms with E-state index >= 15 is 0 Å². The molecule has 0 aliphatic heterocycles. The van der Waals surface area contributed by atoms with E-state index in [0.717, 1.165) is 50.0 Å². The van der Waals surface area contributed by atoms with Gasteiger partial charge in [0, 0.05) is 5.92 Å². The zero-order valence-corrected chi connectivity index (χ0v) is 14.4. The number of hydrogen-bond donors (Lipinski definition) is 0. The molecule has 1 fully saturated rings. The number of benzene rings is 1. The third-order valence-electron chi connectivity index (χ3n) is 5.00. The van der Waals surface area contributed by atoms with Gasteiger partial charge in [0.25, 0.3) is 0 Å². The van der Waals surface area contributed by atoms with Gasteiger partial charge in [0.2, 0.25) is 0 Å². The van der Waals surface area contributed by atoms with Crippen molar-refractivity contribution in [3.63, 3.8) is 0 Å². The topological polar surface area (TPSA) is 0 Å². The quantitative estimate of drug-likeness (QED) is 0.443. The molecule has 23 heavy (non-hydrogen) atoms. The van der Waals surface area contributed by atoms with Crippen molar-refractivity contribution in [1.82, 2.24) is 0 Å². The molecule has 2 rings (SSSR count). The van der Waals surface area contributed by atoms with E-state index in [1.807, 2.05) is 0 Å². The molecule has 0 spiro atoms. The van der Waals surface area contributed by atoms with Crippen LogP contribution in [0.25, 0.3) is 0 Å². The number of halogens is 2. The van der Waals surface area contributed by atoms with Crippen molar-refractivity contribution in [2.75, 3.05) is 0 Å². The number of rotatable bonds is 5. The zero-order valence-electron chi connectivity index (χ0n) is 14.4. The molecule has 0 radical (unpaired) electrons. The molecule has 0 aromatic heterocycles. The van der Waals surface area contributed by atoms with E-state index in [-0.39, 0.29) is 5.56 Å². The average Bonchev–Trinajstić information content (AvgIpc) is 2.55. The monoisotopic (exact) mass is 318 g/mol. The fourth-order valence-electron chi connectivity index (χ4n) is 3.36. The molecule has 126 valence electrons. The molecule has 0 saturated heterocycles. The normalized spacial score (nSPS) is 20.9. The minimum absolute atomic E-state index is 0.0538. The molecule has 0 atom stereocenters. The van der Waals surface area contributed by atoms with Crippen molar-refractivity contribution in [3.8, 4) is 11.8 Å². The Labute approximate surface area is 139 Å². The highest BCUT2D eigenvalue weighted by Gasteiger charge is 2.18. The summed E-state index contributed by atoms with van der Waals surface area (Å²) in [4.78, 5) is 0. The van der Waals surface area contributed by atoms with Crippen molar-refractivity contribution in [1.29, 1.82) is 0 Å². The van der Waals surface area contributed by atoms with Gasteiger partial charge in [-0.2, -0.15) is 0 Å². The first kappa shape index (κ1) is 18.0. The fraction of sp³-hybridized carbons (Fsp3) is 0.619. The number of hydrogen-bond acceptors (Lipinski definition) is 0. The van der Waals surface area contributed by atoms with Gasteiger partial charge in [-0.3, -0.25) is 0 Å². The lowest BCUT2D eigenvalue weighted by Crippen LogP contribution is -2.12. The highest BCUT2D eigenvalue weighted by atomic mass is 19.1. The first-order valence-corrected chi connectivity index (χ1v) is 9.13. The molecule has 0 unspecified atom stereocenters. The van der Waals surface area contributed by atoms with Crippen LogP contribution in [0.15, 0.2) is 12.1 Å². The van der Waals surface area contributed by atoms with Crippen molar-refractivity contribution >= 4 is 0 Å². The average molecular weight is 318 g/mol. The Kier molecular flexibility index (Phi) is 7.09. The number of unbranched alkanes of at least 4 members (excludes halogenated alkanes) is 2. The second-order valence-electron chi connectivity index (χ2n) is 6.79. The summed E-state index contributed by atoms with van der Waals surface area (Å²) in [6.45, 7) is 4.34. The molecular weight excluding hydrogens is 290 g/mol. The lowest BCUT2D eigenvalue weighted by atomic mass is 9.81. The molecule has 1 aromatic rings. The third kappa shape index (κ3) is 5.34. The summed E-state index contributed by atoms with van der Waals surface area (Å²) in [6, 6.07) is 2.91. The maximum absolute atomic E-state index is 14.1. The van der Waals surface area contributed by atoms with Crippen LogP contribution in [0, 0.1) is 35.3 Å². The summed E-state index contributed by atoms with van der Waals surface area (Å²) >= 11 is 0. The largest absolute Gasteiger partial charge is 0.206 e. The first-order valence-electron chi connectivity index (χ1n) is 9.13. The van der Waals surface area contributed by atoms with Crippen molar-refractivity contribution in [2.24, 2.45) is 11.8 Å². The van der Waals surface area contributed by atoms with Gasteiger partial charge in [0.1, 0.15) is 11.6 Å². The van der Waals surface area contributed by atoms with Crippen LogP contribution in [-0.2, 0) is 6.42 Å². The van der Waals surface area contributed by atoms with Crippen LogP contribution in [0.2, 0.25) is 0 Å². The first-order chi connectivity index (χ1) is 11.1. The van der Waals surface area contributed by atoms with E-state index in [1.165, 1.54) is 31.4 Å². The Bertz CT molecular complexity index is 534. The molecule has 0 amide bonds. The number of aryl methyl sites for hydroxylation is 1. The molecule has 1 aliphatic carbocycles. The van der Waals surface area contributed by atoms with Gasteiger partial charge in [0.15, 0.2) is 0 Å². The molecule has 2 heteroatoms. The lowest BCUT2D eigenvalue weighted by Gasteiger charge is -2.24. The van der Waals surface area contributed by atoms with E-state index < -0.39 is 11.6 Å². The van der Waals surface area contributed by atoms with Crippen molar-refractivity contribution in [3.05, 3.63) is 34.9 Å². The van der Waals surface area contributed by atoms with Crippen LogP contribution >= 0.6 is 0 Å². The third-order valence-corrected chi connectivity index (χ3v) is 5.00. The predicted molar refractivity (Wildman–Crippen MR) is 92.2 cm³/mol. The van der Waals surface area contributed by atoms with Crippen LogP contribution in [0.4, 0.5) is 8.78 Å². The second-order valence-corrected chi connectivity index (χ2v) is 6.79. The highest BCUT2D eigenvalue weighted by molar-refractivity contribution is 5.39. The maximum atomic E-state index is 14.1. The van der Waals surface area contributed by atoms with E-state index in [0.29, 0.717) is 5.92 Å². The Hall–Kier alpha value is -1.36. The van der Waals surface area contributed by atoms with Crippen LogP contribution < -0.4 is 0 Å². The molecular formula is C21H28F2. The van der Waals surface area contributed by atoms with Crippen LogP contribution in [0.1, 0.15) is 76.3 Å². The van der Waals surface area contributed by atoms with Gasteiger partial charge >= 0.3 is 0 Å². The van der Waals surface area contributed by atoms with Gasteiger partial charge < -0.3 is 0 Å². The zero-order chi connectivity index (χ0) is 16.7. The molecule has 0 N–H and O–H groups in total. The molecule has 1 saturated carbocycles. The van der Waals surface area contributed by atoms with Crippen molar-refractivity contribution < 1.29 is 8.78 Å². The van der Waals surface area contributed by atoms with Gasteiger partial charge in [-0.25, -0.2) is 8.78 Å². The smallest absolute Gasteiger partial charge is 0.142 e. The van der Waals surface area contributed by atoms with Crippen molar-refractivity contribution in [2.45, 2.75) is 71.6 Å². The van der Waals surface area contributed by atoms with E-state index in [1.54, 1.807) is 0 Å². The van der Waals surface area contributed by atoms with Gasteiger partial charge in [-0.15, -0.1) is 0 Å². The SMILES string of the molecule is CCCCCc1cc(F)c(C#C[C@H]2CC[C@H](CC)CC2)c(F)c1. The minimum Gasteiger partial charge on any atom is -0.206 e. The second kappa shape index (κ2) is 9.06. The summed E-state index contributed by atoms with van der Waals surface area (Å²) in [6.07, 6.45) is 9.63. The van der Waals surface area contributed by atoms with Gasteiger partial charge in [0.05, 0.1) is 5.56 Å². The molecule has 1 aromatic carbocycles. The minimum atomic E-state index is -0.508. The summed E-state index contributed by atoms with van der Waals surface area (Å²) in [5, 5.41) is 0. The lowest BCUT2D eigenvalue weighted by molar-refractivity contribution is 0.309. The van der Waals surface area contributed by atoms with E-state index in [9.17, 15) is 8.78 Å². The maximum Gasteiger partial charge on any atom is 0.142 e. The fourth-order valence-corrected chi connectivity index (χ4v) is 3.36.